The lowest BCUT2D eigenvalue weighted by atomic mass is 9.99. The molecule has 4 nitrogen and oxygen atoms in total. The highest BCUT2D eigenvalue weighted by Crippen LogP contribution is 2.25. The minimum atomic E-state index is -0.896. The summed E-state index contributed by atoms with van der Waals surface area (Å²) >= 11 is 0. The number of benzene rings is 1. The van der Waals surface area contributed by atoms with Gasteiger partial charge in [-0.1, -0.05) is 13.0 Å². The molecule has 4 heteroatoms. The molecule has 0 atom stereocenters. The number of nitrogens with zero attached hydrogens (tertiary/aromatic N) is 2. The molecule has 0 radical (unpaired) electrons. The van der Waals surface area contributed by atoms with Gasteiger partial charge in [0, 0.05) is 24.5 Å². The van der Waals surface area contributed by atoms with Gasteiger partial charge in [0.15, 0.2) is 0 Å². The van der Waals surface area contributed by atoms with E-state index in [0.29, 0.717) is 5.56 Å². The summed E-state index contributed by atoms with van der Waals surface area (Å²) in [6, 6.07) is 3.63. The van der Waals surface area contributed by atoms with Gasteiger partial charge in [-0.15, -0.1) is 0 Å². The summed E-state index contributed by atoms with van der Waals surface area (Å²) in [7, 11) is 0. The van der Waals surface area contributed by atoms with Gasteiger partial charge in [0.05, 0.1) is 5.56 Å². The van der Waals surface area contributed by atoms with Crippen LogP contribution >= 0.6 is 0 Å². The average molecular weight is 258 g/mol. The van der Waals surface area contributed by atoms with E-state index < -0.39 is 5.97 Å². The molecule has 0 aliphatic heterocycles. The number of aromatic nitrogens is 2. The number of carboxylic acid groups (broad SMARTS) is 1. The van der Waals surface area contributed by atoms with Crippen molar-refractivity contribution in [3.63, 3.8) is 0 Å². The zero-order valence-electron chi connectivity index (χ0n) is 11.5. The van der Waals surface area contributed by atoms with E-state index in [2.05, 4.69) is 16.5 Å². The van der Waals surface area contributed by atoms with Gasteiger partial charge in [0.1, 0.15) is 5.82 Å². The molecule has 0 saturated heterocycles. The van der Waals surface area contributed by atoms with E-state index in [4.69, 9.17) is 0 Å². The highest BCUT2D eigenvalue weighted by molar-refractivity contribution is 5.91. The van der Waals surface area contributed by atoms with Crippen LogP contribution in [0.15, 0.2) is 24.5 Å². The summed E-state index contributed by atoms with van der Waals surface area (Å²) in [5.74, 6) is -0.0609. The Labute approximate surface area is 112 Å². The van der Waals surface area contributed by atoms with Gasteiger partial charge < -0.3 is 9.67 Å². The standard InChI is InChI=1S/C15H18N2O2/c1-4-6-17-7-5-16-14(17)12-9-13(15(18)19)11(3)8-10(12)2/h5,7-9H,4,6H2,1-3H3,(H,18,19). The van der Waals surface area contributed by atoms with Crippen molar-refractivity contribution in [2.24, 2.45) is 0 Å². The first-order valence-corrected chi connectivity index (χ1v) is 6.40. The number of hydrogen-bond acceptors (Lipinski definition) is 2. The van der Waals surface area contributed by atoms with Crippen molar-refractivity contribution >= 4 is 5.97 Å². The Bertz CT molecular complexity index is 615. The largest absolute Gasteiger partial charge is 0.478 e. The van der Waals surface area contributed by atoms with Gasteiger partial charge in [-0.3, -0.25) is 0 Å². The predicted molar refractivity (Wildman–Crippen MR) is 74.4 cm³/mol. The van der Waals surface area contributed by atoms with Crippen LogP contribution in [0.1, 0.15) is 34.8 Å². The Balaban J connectivity index is 2.58. The Morgan fingerprint density at radius 2 is 2.05 bits per heavy atom. The van der Waals surface area contributed by atoms with Gasteiger partial charge >= 0.3 is 5.97 Å². The van der Waals surface area contributed by atoms with Crippen molar-refractivity contribution in [1.29, 1.82) is 0 Å². The summed E-state index contributed by atoms with van der Waals surface area (Å²) in [4.78, 5) is 15.6. The molecular formula is C15H18N2O2. The first kappa shape index (κ1) is 13.3. The van der Waals surface area contributed by atoms with Crippen molar-refractivity contribution in [1.82, 2.24) is 9.55 Å². The van der Waals surface area contributed by atoms with Gasteiger partial charge in [0.2, 0.25) is 0 Å². The van der Waals surface area contributed by atoms with Crippen LogP contribution in [0, 0.1) is 13.8 Å². The average Bonchev–Trinajstić information content (AvgIpc) is 2.77. The lowest BCUT2D eigenvalue weighted by Gasteiger charge is -2.11. The molecule has 2 aromatic rings. The van der Waals surface area contributed by atoms with E-state index in [1.165, 1.54) is 0 Å². The van der Waals surface area contributed by atoms with Crippen molar-refractivity contribution < 1.29 is 9.90 Å². The number of carboxylic acids is 1. The fourth-order valence-electron chi connectivity index (χ4n) is 2.30. The lowest BCUT2D eigenvalue weighted by molar-refractivity contribution is 0.0696. The first-order valence-electron chi connectivity index (χ1n) is 6.40. The molecule has 1 N–H and O–H groups in total. The van der Waals surface area contributed by atoms with Crippen LogP contribution in [0.3, 0.4) is 0 Å². The van der Waals surface area contributed by atoms with Crippen LogP contribution in [0.25, 0.3) is 11.4 Å². The maximum atomic E-state index is 11.2. The molecule has 0 aliphatic carbocycles. The third-order valence-corrected chi connectivity index (χ3v) is 3.22. The van der Waals surface area contributed by atoms with Crippen molar-refractivity contribution in [2.45, 2.75) is 33.7 Å². The third kappa shape index (κ3) is 2.52. The fourth-order valence-corrected chi connectivity index (χ4v) is 2.30. The molecule has 0 spiro atoms. The van der Waals surface area contributed by atoms with Crippen molar-refractivity contribution in [2.75, 3.05) is 0 Å². The molecule has 0 amide bonds. The fraction of sp³-hybridized carbons (Fsp3) is 0.333. The Morgan fingerprint density at radius 1 is 1.32 bits per heavy atom. The molecule has 0 saturated carbocycles. The zero-order valence-corrected chi connectivity index (χ0v) is 11.5. The van der Waals surface area contributed by atoms with Crippen LogP contribution in [-0.4, -0.2) is 20.6 Å². The highest BCUT2D eigenvalue weighted by atomic mass is 16.4. The SMILES string of the molecule is CCCn1ccnc1-c1cc(C(=O)O)c(C)cc1C. The van der Waals surface area contributed by atoms with E-state index >= 15 is 0 Å². The third-order valence-electron chi connectivity index (χ3n) is 3.22. The lowest BCUT2D eigenvalue weighted by Crippen LogP contribution is -2.04. The summed E-state index contributed by atoms with van der Waals surface area (Å²) in [6.07, 6.45) is 4.70. The number of hydrogen-bond donors (Lipinski definition) is 1. The summed E-state index contributed by atoms with van der Waals surface area (Å²) < 4.78 is 2.06. The van der Waals surface area contributed by atoms with Crippen LogP contribution in [0.2, 0.25) is 0 Å². The molecule has 0 unspecified atom stereocenters. The van der Waals surface area contributed by atoms with Crippen molar-refractivity contribution in [3.05, 3.63) is 41.2 Å². The monoisotopic (exact) mass is 258 g/mol. The van der Waals surface area contributed by atoms with Crippen LogP contribution in [0.5, 0.6) is 0 Å². The molecule has 1 heterocycles. The smallest absolute Gasteiger partial charge is 0.335 e. The molecule has 2 rings (SSSR count). The van der Waals surface area contributed by atoms with E-state index in [0.717, 1.165) is 35.5 Å². The molecule has 19 heavy (non-hydrogen) atoms. The predicted octanol–water partition coefficient (Wildman–Crippen LogP) is 3.28. The summed E-state index contributed by atoms with van der Waals surface area (Å²) in [5.41, 5.74) is 3.06. The first-order chi connectivity index (χ1) is 9.04. The van der Waals surface area contributed by atoms with Gasteiger partial charge in [-0.2, -0.15) is 0 Å². The number of imidazole rings is 1. The number of rotatable bonds is 4. The molecule has 0 aliphatic rings. The quantitative estimate of drug-likeness (QED) is 0.915. The highest BCUT2D eigenvalue weighted by Gasteiger charge is 2.14. The topological polar surface area (TPSA) is 55.1 Å². The van der Waals surface area contributed by atoms with Crippen molar-refractivity contribution in [3.8, 4) is 11.4 Å². The Hall–Kier alpha value is -2.10. The van der Waals surface area contributed by atoms with Crippen LogP contribution in [-0.2, 0) is 6.54 Å². The van der Waals surface area contributed by atoms with E-state index in [9.17, 15) is 9.90 Å². The second-order valence-corrected chi connectivity index (χ2v) is 4.73. The molecule has 1 aromatic heterocycles. The molecule has 1 aromatic carbocycles. The van der Waals surface area contributed by atoms with Crippen LogP contribution < -0.4 is 0 Å². The van der Waals surface area contributed by atoms with Gasteiger partial charge in [-0.05, 0) is 37.5 Å². The Morgan fingerprint density at radius 3 is 2.68 bits per heavy atom. The maximum absolute atomic E-state index is 11.2. The van der Waals surface area contributed by atoms with Gasteiger partial charge in [-0.25, -0.2) is 9.78 Å². The number of carbonyl (C=O) groups is 1. The number of aryl methyl sites for hydroxylation is 3. The van der Waals surface area contributed by atoms with E-state index in [1.807, 2.05) is 26.1 Å². The van der Waals surface area contributed by atoms with E-state index in [-0.39, 0.29) is 0 Å². The molecule has 0 fully saturated rings. The van der Waals surface area contributed by atoms with Crippen LogP contribution in [0.4, 0.5) is 0 Å². The Kier molecular flexibility index (Phi) is 3.69. The summed E-state index contributed by atoms with van der Waals surface area (Å²) in [5, 5.41) is 9.22. The normalized spacial score (nSPS) is 10.7. The molecular weight excluding hydrogens is 240 g/mol. The minimum Gasteiger partial charge on any atom is -0.478 e. The van der Waals surface area contributed by atoms with E-state index in [1.54, 1.807) is 12.3 Å². The second kappa shape index (κ2) is 5.26. The molecule has 0 bridgehead atoms. The van der Waals surface area contributed by atoms with Gasteiger partial charge in [0.25, 0.3) is 0 Å². The summed E-state index contributed by atoms with van der Waals surface area (Å²) in [6.45, 7) is 6.79. The zero-order chi connectivity index (χ0) is 14.0. The number of aromatic carboxylic acids is 1. The molecule has 100 valence electrons. The second-order valence-electron chi connectivity index (χ2n) is 4.73. The minimum absolute atomic E-state index is 0.339. The maximum Gasteiger partial charge on any atom is 0.335 e.